The summed E-state index contributed by atoms with van der Waals surface area (Å²) in [6, 6.07) is 18.3. The van der Waals surface area contributed by atoms with E-state index in [1.165, 1.54) is 12.1 Å². The predicted octanol–water partition coefficient (Wildman–Crippen LogP) is 5.36. The molecule has 0 aliphatic carbocycles. The molecule has 2 aromatic carbocycles. The maximum Gasteiger partial charge on any atom is 0.154 e. The Labute approximate surface area is 184 Å². The molecule has 3 heterocycles. The van der Waals surface area contributed by atoms with E-state index in [4.69, 9.17) is 9.15 Å². The van der Waals surface area contributed by atoms with Crippen LogP contribution < -0.4 is 10.1 Å². The Morgan fingerprint density at radius 2 is 2.00 bits per heavy atom. The zero-order valence-corrected chi connectivity index (χ0v) is 17.9. The first kappa shape index (κ1) is 20.1. The summed E-state index contributed by atoms with van der Waals surface area (Å²) in [7, 11) is 1.67. The number of aromatic nitrogens is 3. The van der Waals surface area contributed by atoms with Crippen LogP contribution >= 0.6 is 0 Å². The summed E-state index contributed by atoms with van der Waals surface area (Å²) < 4.78 is 26.5. The quantitative estimate of drug-likeness (QED) is 0.365. The fourth-order valence-corrected chi connectivity index (χ4v) is 3.78. The van der Waals surface area contributed by atoms with Gasteiger partial charge in [-0.2, -0.15) is 5.10 Å². The van der Waals surface area contributed by atoms with Gasteiger partial charge < -0.3 is 19.5 Å². The van der Waals surface area contributed by atoms with Crippen molar-refractivity contribution < 1.29 is 13.5 Å². The standard InChI is InChI=1S/C25H23FN4O2/c1-16-6-9-24(32-16)25-18(15-30(29-25)21-5-3-4-19(26)12-21)13-27-14-20-10-17-11-22(31-2)7-8-23(17)28-20/h3-12,15,27-28H,13-14H2,1-2H3. The smallest absolute Gasteiger partial charge is 0.154 e. The van der Waals surface area contributed by atoms with Crippen LogP contribution in [0.25, 0.3) is 28.0 Å². The topological polar surface area (TPSA) is 68.0 Å². The van der Waals surface area contributed by atoms with Gasteiger partial charge in [-0.25, -0.2) is 9.07 Å². The number of halogens is 1. The summed E-state index contributed by atoms with van der Waals surface area (Å²) in [5, 5.41) is 9.25. The highest BCUT2D eigenvalue weighted by Gasteiger charge is 2.15. The highest BCUT2D eigenvalue weighted by molar-refractivity contribution is 5.81. The van der Waals surface area contributed by atoms with Crippen LogP contribution in [0.3, 0.4) is 0 Å². The van der Waals surface area contributed by atoms with Gasteiger partial charge in [-0.15, -0.1) is 0 Å². The number of H-pyrrole nitrogens is 1. The lowest BCUT2D eigenvalue weighted by Gasteiger charge is -2.03. The Kier molecular flexibility index (Phi) is 5.25. The number of hydrogen-bond acceptors (Lipinski definition) is 4. The van der Waals surface area contributed by atoms with E-state index in [1.807, 2.05) is 49.5 Å². The molecule has 0 aliphatic heterocycles. The van der Waals surface area contributed by atoms with Gasteiger partial charge in [0.05, 0.1) is 12.8 Å². The highest BCUT2D eigenvalue weighted by atomic mass is 19.1. The molecule has 0 saturated heterocycles. The number of aryl methyl sites for hydroxylation is 1. The number of fused-ring (bicyclic) bond motifs is 1. The second-order valence-corrected chi connectivity index (χ2v) is 7.69. The summed E-state index contributed by atoms with van der Waals surface area (Å²) in [4.78, 5) is 3.42. The lowest BCUT2D eigenvalue weighted by molar-refractivity contribution is 0.415. The van der Waals surface area contributed by atoms with Crippen molar-refractivity contribution >= 4 is 10.9 Å². The maximum absolute atomic E-state index is 13.7. The van der Waals surface area contributed by atoms with Crippen molar-refractivity contribution in [2.75, 3.05) is 7.11 Å². The molecule has 0 bridgehead atoms. The first-order valence-corrected chi connectivity index (χ1v) is 10.4. The number of aromatic amines is 1. The van der Waals surface area contributed by atoms with E-state index in [0.29, 0.717) is 24.5 Å². The number of ether oxygens (including phenoxy) is 1. The molecule has 5 aromatic rings. The molecule has 162 valence electrons. The minimum Gasteiger partial charge on any atom is -0.497 e. The Bertz CT molecular complexity index is 1380. The third-order valence-electron chi connectivity index (χ3n) is 5.35. The Balaban J connectivity index is 1.38. The van der Waals surface area contributed by atoms with Crippen molar-refractivity contribution in [3.05, 3.63) is 89.7 Å². The Morgan fingerprint density at radius 3 is 2.78 bits per heavy atom. The monoisotopic (exact) mass is 430 g/mol. The van der Waals surface area contributed by atoms with Crippen molar-refractivity contribution in [2.24, 2.45) is 0 Å². The van der Waals surface area contributed by atoms with Crippen LogP contribution in [-0.2, 0) is 13.1 Å². The van der Waals surface area contributed by atoms with Gasteiger partial charge in [0.1, 0.15) is 23.0 Å². The number of furan rings is 1. The second-order valence-electron chi connectivity index (χ2n) is 7.69. The molecule has 0 unspecified atom stereocenters. The van der Waals surface area contributed by atoms with Crippen molar-refractivity contribution in [3.63, 3.8) is 0 Å². The third kappa shape index (κ3) is 4.02. The summed E-state index contributed by atoms with van der Waals surface area (Å²) in [6.07, 6.45) is 1.91. The van der Waals surface area contributed by atoms with Gasteiger partial charge in [-0.05, 0) is 61.5 Å². The van der Waals surface area contributed by atoms with Gasteiger partial charge in [-0.3, -0.25) is 0 Å². The van der Waals surface area contributed by atoms with E-state index < -0.39 is 0 Å². The van der Waals surface area contributed by atoms with Crippen LogP contribution in [0.2, 0.25) is 0 Å². The lowest BCUT2D eigenvalue weighted by atomic mass is 10.2. The normalized spacial score (nSPS) is 11.3. The zero-order valence-electron chi connectivity index (χ0n) is 17.9. The molecule has 5 rings (SSSR count). The molecule has 0 fully saturated rings. The van der Waals surface area contributed by atoms with E-state index in [9.17, 15) is 4.39 Å². The number of methoxy groups -OCH3 is 1. The molecular weight excluding hydrogens is 407 g/mol. The maximum atomic E-state index is 13.7. The van der Waals surface area contributed by atoms with Gasteiger partial charge in [0.2, 0.25) is 0 Å². The molecule has 7 heteroatoms. The fourth-order valence-electron chi connectivity index (χ4n) is 3.78. The molecule has 2 N–H and O–H groups in total. The summed E-state index contributed by atoms with van der Waals surface area (Å²) in [5.74, 6) is 2.03. The van der Waals surface area contributed by atoms with E-state index in [2.05, 4.69) is 21.5 Å². The lowest BCUT2D eigenvalue weighted by Crippen LogP contribution is -2.13. The van der Waals surface area contributed by atoms with Crippen LogP contribution in [0, 0.1) is 12.7 Å². The average Bonchev–Trinajstić information content (AvgIpc) is 3.51. The predicted molar refractivity (Wildman–Crippen MR) is 121 cm³/mol. The molecule has 3 aromatic heterocycles. The molecule has 0 amide bonds. The van der Waals surface area contributed by atoms with Gasteiger partial charge >= 0.3 is 0 Å². The minimum atomic E-state index is -0.302. The molecule has 32 heavy (non-hydrogen) atoms. The SMILES string of the molecule is COc1ccc2[nH]c(CNCc3cn(-c4cccc(F)c4)nc3-c3ccc(C)o3)cc2c1. The van der Waals surface area contributed by atoms with E-state index in [1.54, 1.807) is 17.9 Å². The van der Waals surface area contributed by atoms with E-state index >= 15 is 0 Å². The number of nitrogens with one attached hydrogen (secondary N) is 2. The van der Waals surface area contributed by atoms with Gasteiger partial charge in [0.15, 0.2) is 5.76 Å². The van der Waals surface area contributed by atoms with Crippen molar-refractivity contribution in [2.45, 2.75) is 20.0 Å². The minimum absolute atomic E-state index is 0.302. The van der Waals surface area contributed by atoms with Gasteiger partial charge in [-0.1, -0.05) is 6.07 Å². The molecule has 6 nitrogen and oxygen atoms in total. The second kappa shape index (κ2) is 8.36. The summed E-state index contributed by atoms with van der Waals surface area (Å²) in [5.41, 5.74) is 4.48. The molecule has 0 aliphatic rings. The molecular formula is C25H23FN4O2. The van der Waals surface area contributed by atoms with Crippen molar-refractivity contribution in [1.29, 1.82) is 0 Å². The van der Waals surface area contributed by atoms with E-state index in [-0.39, 0.29) is 5.82 Å². The van der Waals surface area contributed by atoms with Crippen LogP contribution in [-0.4, -0.2) is 21.9 Å². The molecule has 0 radical (unpaired) electrons. The largest absolute Gasteiger partial charge is 0.497 e. The van der Waals surface area contributed by atoms with Crippen molar-refractivity contribution in [1.82, 2.24) is 20.1 Å². The van der Waals surface area contributed by atoms with Crippen LogP contribution in [0.15, 0.2) is 71.3 Å². The Morgan fingerprint density at radius 1 is 1.09 bits per heavy atom. The van der Waals surface area contributed by atoms with E-state index in [0.717, 1.165) is 39.4 Å². The molecule has 0 saturated carbocycles. The Hall–Kier alpha value is -3.84. The summed E-state index contributed by atoms with van der Waals surface area (Å²) in [6.45, 7) is 3.12. The van der Waals surface area contributed by atoms with Gasteiger partial charge in [0, 0.05) is 41.4 Å². The summed E-state index contributed by atoms with van der Waals surface area (Å²) >= 11 is 0. The number of nitrogens with zero attached hydrogens (tertiary/aromatic N) is 2. The third-order valence-corrected chi connectivity index (χ3v) is 5.35. The highest BCUT2D eigenvalue weighted by Crippen LogP contribution is 2.26. The van der Waals surface area contributed by atoms with Crippen LogP contribution in [0.4, 0.5) is 4.39 Å². The number of rotatable bonds is 7. The first-order valence-electron chi connectivity index (χ1n) is 10.4. The molecule has 0 spiro atoms. The van der Waals surface area contributed by atoms with Crippen LogP contribution in [0.1, 0.15) is 17.0 Å². The van der Waals surface area contributed by atoms with Crippen molar-refractivity contribution in [3.8, 4) is 22.9 Å². The zero-order chi connectivity index (χ0) is 22.1. The number of hydrogen-bond donors (Lipinski definition) is 2. The average molecular weight is 430 g/mol. The van der Waals surface area contributed by atoms with Crippen LogP contribution in [0.5, 0.6) is 5.75 Å². The van der Waals surface area contributed by atoms with Gasteiger partial charge in [0.25, 0.3) is 0 Å². The molecule has 0 atom stereocenters. The fraction of sp³-hybridized carbons (Fsp3) is 0.160. The number of benzene rings is 2. The first-order chi connectivity index (χ1) is 15.6.